The maximum atomic E-state index is 6.25. The van der Waals surface area contributed by atoms with Gasteiger partial charge in [0.2, 0.25) is 0 Å². The smallest absolute Gasteiger partial charge is 0.0706 e. The van der Waals surface area contributed by atoms with E-state index in [4.69, 9.17) is 4.74 Å². The molecule has 1 aliphatic heterocycles. The number of likely N-dealkylation sites (N-methyl/N-ethyl adjacent to an activating group) is 1. The molecule has 25 heavy (non-hydrogen) atoms. The normalized spacial score (nSPS) is 20.3. The van der Waals surface area contributed by atoms with E-state index in [2.05, 4.69) is 46.4 Å². The van der Waals surface area contributed by atoms with Crippen LogP contribution in [0, 0.1) is 0 Å². The van der Waals surface area contributed by atoms with Gasteiger partial charge in [0.15, 0.2) is 0 Å². The molecule has 0 saturated carbocycles. The first-order valence-corrected chi connectivity index (χ1v) is 10.3. The van der Waals surface area contributed by atoms with Crippen molar-refractivity contribution in [2.24, 2.45) is 0 Å². The van der Waals surface area contributed by atoms with Crippen LogP contribution < -0.4 is 0 Å². The Labute approximate surface area is 155 Å². The van der Waals surface area contributed by atoms with Crippen molar-refractivity contribution < 1.29 is 4.74 Å². The highest BCUT2D eigenvalue weighted by Gasteiger charge is 2.26. The fourth-order valence-electron chi connectivity index (χ4n) is 3.34. The van der Waals surface area contributed by atoms with Crippen LogP contribution in [-0.4, -0.2) is 46.9 Å². The molecular formula is C20H27N3OS. The van der Waals surface area contributed by atoms with Crippen molar-refractivity contribution in [3.05, 3.63) is 59.7 Å². The van der Waals surface area contributed by atoms with Crippen molar-refractivity contribution in [3.63, 3.8) is 0 Å². The van der Waals surface area contributed by atoms with Gasteiger partial charge in [-0.05, 0) is 49.4 Å². The molecule has 0 unspecified atom stereocenters. The molecule has 3 heterocycles. The van der Waals surface area contributed by atoms with Gasteiger partial charge in [0.05, 0.1) is 12.2 Å². The summed E-state index contributed by atoms with van der Waals surface area (Å²) in [6.07, 6.45) is 11.7. The molecular weight excluding hydrogens is 330 g/mol. The van der Waals surface area contributed by atoms with Crippen LogP contribution in [-0.2, 0) is 23.5 Å². The molecule has 5 heteroatoms. The number of pyridine rings is 2. The van der Waals surface area contributed by atoms with Crippen molar-refractivity contribution in [1.82, 2.24) is 14.9 Å². The van der Waals surface area contributed by atoms with Crippen LogP contribution in [0.2, 0.25) is 0 Å². The molecule has 4 nitrogen and oxygen atoms in total. The van der Waals surface area contributed by atoms with Crippen LogP contribution in [0.5, 0.6) is 0 Å². The van der Waals surface area contributed by atoms with E-state index in [0.717, 1.165) is 43.8 Å². The van der Waals surface area contributed by atoms with E-state index in [9.17, 15) is 0 Å². The standard InChI is InChI=1S/C20H27N3OS/c1-23(13-16-4-3-9-21-11-16)14-20-8-7-19(24-20)10-18-6-5-17(12-22-18)15-25-2/h3-6,9,11-12,19-20H,7-8,10,13-15H2,1-2H3/t19-,20+/m0/s1. The molecule has 1 aliphatic rings. The summed E-state index contributed by atoms with van der Waals surface area (Å²) in [6.45, 7) is 1.88. The minimum atomic E-state index is 0.302. The number of nitrogens with zero attached hydrogens (tertiary/aromatic N) is 3. The molecule has 2 atom stereocenters. The van der Waals surface area contributed by atoms with E-state index < -0.39 is 0 Å². The number of hydrogen-bond donors (Lipinski definition) is 0. The summed E-state index contributed by atoms with van der Waals surface area (Å²) in [7, 11) is 2.15. The molecule has 0 aliphatic carbocycles. The number of ether oxygens (including phenoxy) is 1. The first kappa shape index (κ1) is 18.4. The van der Waals surface area contributed by atoms with Gasteiger partial charge >= 0.3 is 0 Å². The molecule has 0 bridgehead atoms. The van der Waals surface area contributed by atoms with E-state index in [1.807, 2.05) is 36.4 Å². The fraction of sp³-hybridized carbons (Fsp3) is 0.500. The zero-order chi connectivity index (χ0) is 17.5. The summed E-state index contributed by atoms with van der Waals surface area (Å²) in [4.78, 5) is 11.1. The average molecular weight is 358 g/mol. The molecule has 2 aromatic heterocycles. The monoisotopic (exact) mass is 357 g/mol. The van der Waals surface area contributed by atoms with Gasteiger partial charge in [-0.25, -0.2) is 0 Å². The van der Waals surface area contributed by atoms with Gasteiger partial charge < -0.3 is 4.74 Å². The Bertz CT molecular complexity index is 635. The molecule has 0 aromatic carbocycles. The minimum Gasteiger partial charge on any atom is -0.373 e. The van der Waals surface area contributed by atoms with Crippen LogP contribution in [0.3, 0.4) is 0 Å². The van der Waals surface area contributed by atoms with Gasteiger partial charge in [-0.3, -0.25) is 14.9 Å². The highest BCUT2D eigenvalue weighted by Crippen LogP contribution is 2.23. The van der Waals surface area contributed by atoms with E-state index >= 15 is 0 Å². The predicted octanol–water partition coefficient (Wildman–Crippen LogP) is 3.56. The maximum Gasteiger partial charge on any atom is 0.0706 e. The fourth-order valence-corrected chi connectivity index (χ4v) is 3.85. The molecule has 2 aromatic rings. The van der Waals surface area contributed by atoms with Crippen LogP contribution in [0.1, 0.15) is 29.7 Å². The molecule has 0 radical (unpaired) electrons. The van der Waals surface area contributed by atoms with Crippen molar-refractivity contribution in [3.8, 4) is 0 Å². The Morgan fingerprint density at radius 2 is 2.04 bits per heavy atom. The van der Waals surface area contributed by atoms with Gasteiger partial charge in [0.1, 0.15) is 0 Å². The summed E-state index contributed by atoms with van der Waals surface area (Å²) >= 11 is 1.83. The third-order valence-corrected chi connectivity index (χ3v) is 5.14. The molecule has 0 amide bonds. The largest absolute Gasteiger partial charge is 0.373 e. The second-order valence-electron chi connectivity index (χ2n) is 6.81. The van der Waals surface area contributed by atoms with Crippen molar-refractivity contribution in [2.75, 3.05) is 19.8 Å². The molecule has 134 valence electrons. The van der Waals surface area contributed by atoms with E-state index in [1.54, 1.807) is 0 Å². The summed E-state index contributed by atoms with van der Waals surface area (Å²) in [5.41, 5.74) is 3.67. The topological polar surface area (TPSA) is 38.2 Å². The number of rotatable bonds is 8. The second-order valence-corrected chi connectivity index (χ2v) is 7.68. The molecule has 1 fully saturated rings. The Balaban J connectivity index is 1.43. The SMILES string of the molecule is CSCc1ccc(C[C@@H]2CC[C@H](CN(C)Cc3cccnc3)O2)nc1. The van der Waals surface area contributed by atoms with Crippen LogP contribution in [0.25, 0.3) is 0 Å². The van der Waals surface area contributed by atoms with Gasteiger partial charge in [0, 0.05) is 49.5 Å². The lowest BCUT2D eigenvalue weighted by Gasteiger charge is -2.21. The van der Waals surface area contributed by atoms with Gasteiger partial charge in [-0.2, -0.15) is 11.8 Å². The highest BCUT2D eigenvalue weighted by molar-refractivity contribution is 7.97. The van der Waals surface area contributed by atoms with Crippen molar-refractivity contribution >= 4 is 11.8 Å². The second kappa shape index (κ2) is 9.32. The third kappa shape index (κ3) is 5.80. The Hall–Kier alpha value is -1.43. The Morgan fingerprint density at radius 3 is 2.76 bits per heavy atom. The van der Waals surface area contributed by atoms with Crippen LogP contribution in [0.15, 0.2) is 42.9 Å². The van der Waals surface area contributed by atoms with Crippen LogP contribution >= 0.6 is 11.8 Å². The van der Waals surface area contributed by atoms with E-state index in [-0.39, 0.29) is 0 Å². The Kier molecular flexibility index (Phi) is 6.84. The number of hydrogen-bond acceptors (Lipinski definition) is 5. The summed E-state index contributed by atoms with van der Waals surface area (Å²) in [5, 5.41) is 0. The lowest BCUT2D eigenvalue weighted by Crippen LogP contribution is -2.29. The predicted molar refractivity (Wildman–Crippen MR) is 104 cm³/mol. The van der Waals surface area contributed by atoms with Gasteiger partial charge in [0.25, 0.3) is 0 Å². The summed E-state index contributed by atoms with van der Waals surface area (Å²) < 4.78 is 6.25. The average Bonchev–Trinajstić information content (AvgIpc) is 3.04. The molecule has 1 saturated heterocycles. The molecule has 0 spiro atoms. The van der Waals surface area contributed by atoms with E-state index in [0.29, 0.717) is 12.2 Å². The van der Waals surface area contributed by atoms with Crippen LogP contribution in [0.4, 0.5) is 0 Å². The zero-order valence-corrected chi connectivity index (χ0v) is 15.9. The third-order valence-electron chi connectivity index (χ3n) is 4.52. The van der Waals surface area contributed by atoms with E-state index in [1.165, 1.54) is 11.1 Å². The highest BCUT2D eigenvalue weighted by atomic mass is 32.2. The van der Waals surface area contributed by atoms with Crippen molar-refractivity contribution in [2.45, 2.75) is 43.8 Å². The minimum absolute atomic E-state index is 0.302. The lowest BCUT2D eigenvalue weighted by atomic mass is 10.1. The summed E-state index contributed by atoms with van der Waals surface area (Å²) in [6, 6.07) is 8.45. The first-order valence-electron chi connectivity index (χ1n) is 8.88. The van der Waals surface area contributed by atoms with Crippen molar-refractivity contribution in [1.29, 1.82) is 0 Å². The van der Waals surface area contributed by atoms with Gasteiger partial charge in [-0.1, -0.05) is 12.1 Å². The first-order chi connectivity index (χ1) is 12.2. The lowest BCUT2D eigenvalue weighted by molar-refractivity contribution is 0.0263. The quantitative estimate of drug-likeness (QED) is 0.722. The summed E-state index contributed by atoms with van der Waals surface area (Å²) in [5.74, 6) is 1.03. The van der Waals surface area contributed by atoms with Gasteiger partial charge in [-0.15, -0.1) is 0 Å². The molecule has 3 rings (SSSR count). The Morgan fingerprint density at radius 1 is 1.16 bits per heavy atom. The number of thioether (sulfide) groups is 1. The maximum absolute atomic E-state index is 6.25. The number of aromatic nitrogens is 2. The molecule has 0 N–H and O–H groups in total. The zero-order valence-electron chi connectivity index (χ0n) is 15.1.